The van der Waals surface area contributed by atoms with E-state index in [1.54, 1.807) is 0 Å². The summed E-state index contributed by atoms with van der Waals surface area (Å²) in [7, 11) is 0. The van der Waals surface area contributed by atoms with Crippen LogP contribution in [0.4, 0.5) is 0 Å². The van der Waals surface area contributed by atoms with Gasteiger partial charge in [-0.15, -0.1) is 0 Å². The molecule has 14 heavy (non-hydrogen) atoms. The van der Waals surface area contributed by atoms with Crippen LogP contribution >= 0.6 is 0 Å². The van der Waals surface area contributed by atoms with Gasteiger partial charge < -0.3 is 15.3 Å². The average Bonchev–Trinajstić information content (AvgIpc) is 2.03. The van der Waals surface area contributed by atoms with E-state index in [9.17, 15) is 9.59 Å². The second kappa shape index (κ2) is 4.94. The summed E-state index contributed by atoms with van der Waals surface area (Å²) in [6.07, 6.45) is 0. The first-order valence-electron chi connectivity index (χ1n) is 3.32. The molecule has 70 valence electrons. The number of phenols is 1. The maximum absolute atomic E-state index is 10.4. The number of benzene rings is 1. The van der Waals surface area contributed by atoms with Crippen molar-refractivity contribution in [2.24, 2.45) is 0 Å². The third-order valence-electron chi connectivity index (χ3n) is 1.50. The summed E-state index contributed by atoms with van der Waals surface area (Å²) in [6.45, 7) is 0. The zero-order valence-electron chi connectivity index (χ0n) is 7.10. The van der Waals surface area contributed by atoms with Crippen molar-refractivity contribution in [1.82, 2.24) is 0 Å². The molecule has 0 atom stereocenters. The van der Waals surface area contributed by atoms with Gasteiger partial charge in [0.2, 0.25) is 0 Å². The van der Waals surface area contributed by atoms with Crippen LogP contribution in [-0.2, 0) is 27.3 Å². The summed E-state index contributed by atoms with van der Waals surface area (Å²) in [5.41, 5.74) is -0.834. The van der Waals surface area contributed by atoms with Crippen molar-refractivity contribution in [3.05, 3.63) is 29.3 Å². The molecule has 3 N–H and O–H groups in total. The van der Waals surface area contributed by atoms with Gasteiger partial charge in [-0.05, 0) is 12.1 Å². The Bertz CT molecular complexity index is 342. The molecule has 1 aromatic rings. The van der Waals surface area contributed by atoms with E-state index in [2.05, 4.69) is 0 Å². The molecule has 0 saturated carbocycles. The van der Waals surface area contributed by atoms with Crippen LogP contribution < -0.4 is 0 Å². The van der Waals surface area contributed by atoms with Crippen LogP contribution in [0, 0.1) is 0 Å². The van der Waals surface area contributed by atoms with E-state index in [1.165, 1.54) is 6.07 Å². The minimum absolute atomic E-state index is 0. The van der Waals surface area contributed by atoms with Gasteiger partial charge in [0.25, 0.3) is 0 Å². The summed E-state index contributed by atoms with van der Waals surface area (Å²) in [6, 6.07) is 3.51. The molecule has 6 heteroatoms. The fourth-order valence-electron chi connectivity index (χ4n) is 0.889. The molecular formula is C8H6CdO5. The first-order valence-corrected chi connectivity index (χ1v) is 3.32. The molecule has 0 bridgehead atoms. The van der Waals surface area contributed by atoms with Gasteiger partial charge in [-0.2, -0.15) is 0 Å². The molecule has 0 aromatic heterocycles. The van der Waals surface area contributed by atoms with Gasteiger partial charge >= 0.3 is 11.9 Å². The summed E-state index contributed by atoms with van der Waals surface area (Å²) in [5, 5.41) is 26.2. The Morgan fingerprint density at radius 2 is 1.36 bits per heavy atom. The van der Waals surface area contributed by atoms with Crippen molar-refractivity contribution in [3.8, 4) is 5.75 Å². The second-order valence-electron chi connectivity index (χ2n) is 2.31. The number of para-hydroxylation sites is 1. The Labute approximate surface area is 99.1 Å². The van der Waals surface area contributed by atoms with Gasteiger partial charge in [0, 0.05) is 27.3 Å². The van der Waals surface area contributed by atoms with Gasteiger partial charge in [-0.1, -0.05) is 6.07 Å². The second-order valence-corrected chi connectivity index (χ2v) is 2.31. The van der Waals surface area contributed by atoms with Crippen molar-refractivity contribution < 1.29 is 52.2 Å². The largest absolute Gasteiger partial charge is 0.506 e. The zero-order valence-corrected chi connectivity index (χ0v) is 11.1. The Morgan fingerprint density at radius 1 is 1.00 bits per heavy atom. The van der Waals surface area contributed by atoms with Crippen LogP contribution in [0.3, 0.4) is 0 Å². The van der Waals surface area contributed by atoms with Crippen molar-refractivity contribution in [2.45, 2.75) is 0 Å². The molecular weight excluding hydrogens is 288 g/mol. The molecule has 0 unspecified atom stereocenters. The summed E-state index contributed by atoms with van der Waals surface area (Å²) < 4.78 is 0. The standard InChI is InChI=1S/C8H6O5.Cd/c9-6-4(7(10)11)2-1-3-5(6)8(12)13;/h1-3,9H,(H,10,11)(H,12,13);. The Hall–Kier alpha value is -1.12. The van der Waals surface area contributed by atoms with Crippen LogP contribution in [0.25, 0.3) is 0 Å². The monoisotopic (exact) mass is 296 g/mol. The van der Waals surface area contributed by atoms with Gasteiger partial charge in [-0.3, -0.25) is 0 Å². The third kappa shape index (κ3) is 2.44. The first-order chi connectivity index (χ1) is 6.04. The third-order valence-corrected chi connectivity index (χ3v) is 1.50. The smallest absolute Gasteiger partial charge is 0.339 e. The average molecular weight is 295 g/mol. The van der Waals surface area contributed by atoms with E-state index in [-0.39, 0.29) is 27.3 Å². The maximum atomic E-state index is 10.4. The predicted octanol–water partition coefficient (Wildman–Crippen LogP) is 0.786. The topological polar surface area (TPSA) is 94.8 Å². The fourth-order valence-corrected chi connectivity index (χ4v) is 0.889. The van der Waals surface area contributed by atoms with Crippen LogP contribution in [0.2, 0.25) is 0 Å². The molecule has 0 fully saturated rings. The number of carboxylic acids is 2. The molecule has 0 saturated heterocycles. The number of carboxylic acid groups (broad SMARTS) is 2. The van der Waals surface area contributed by atoms with Crippen molar-refractivity contribution >= 4 is 11.9 Å². The molecule has 0 heterocycles. The van der Waals surface area contributed by atoms with Gasteiger partial charge in [0.15, 0.2) is 0 Å². The van der Waals surface area contributed by atoms with E-state index in [0.717, 1.165) is 12.1 Å². The molecule has 0 radical (unpaired) electrons. The summed E-state index contributed by atoms with van der Waals surface area (Å²) in [4.78, 5) is 20.9. The summed E-state index contributed by atoms with van der Waals surface area (Å²) in [5.74, 6) is -3.44. The van der Waals surface area contributed by atoms with Crippen molar-refractivity contribution in [3.63, 3.8) is 0 Å². The predicted molar refractivity (Wildman–Crippen MR) is 42.0 cm³/mol. The zero-order chi connectivity index (χ0) is 10.0. The Kier molecular flexibility index (Phi) is 4.54. The Balaban J connectivity index is 0.00000169. The minimum atomic E-state index is -1.36. The van der Waals surface area contributed by atoms with Gasteiger partial charge in [0.05, 0.1) is 0 Å². The Morgan fingerprint density at radius 3 is 1.64 bits per heavy atom. The van der Waals surface area contributed by atoms with E-state index in [0.29, 0.717) is 0 Å². The van der Waals surface area contributed by atoms with E-state index < -0.39 is 28.8 Å². The number of carbonyl (C=O) groups is 2. The molecule has 0 aliphatic carbocycles. The normalized spacial score (nSPS) is 8.86. The van der Waals surface area contributed by atoms with Gasteiger partial charge in [0.1, 0.15) is 16.9 Å². The van der Waals surface area contributed by atoms with Crippen LogP contribution in [0.5, 0.6) is 5.75 Å². The molecule has 1 aromatic carbocycles. The van der Waals surface area contributed by atoms with Crippen molar-refractivity contribution in [2.75, 3.05) is 0 Å². The molecule has 5 nitrogen and oxygen atoms in total. The quantitative estimate of drug-likeness (QED) is 0.701. The molecule has 0 aliphatic heterocycles. The van der Waals surface area contributed by atoms with Gasteiger partial charge in [-0.25, -0.2) is 9.59 Å². The molecule has 1 rings (SSSR count). The van der Waals surface area contributed by atoms with E-state index in [1.807, 2.05) is 0 Å². The number of aromatic hydroxyl groups is 1. The number of hydrogen-bond donors (Lipinski definition) is 3. The number of hydrogen-bond acceptors (Lipinski definition) is 3. The molecule has 0 spiro atoms. The number of aromatic carboxylic acids is 2. The number of rotatable bonds is 2. The van der Waals surface area contributed by atoms with Crippen LogP contribution in [-0.4, -0.2) is 27.3 Å². The van der Waals surface area contributed by atoms with Crippen molar-refractivity contribution in [1.29, 1.82) is 0 Å². The van der Waals surface area contributed by atoms with E-state index >= 15 is 0 Å². The minimum Gasteiger partial charge on any atom is -0.506 e. The maximum Gasteiger partial charge on any atom is 0.339 e. The first kappa shape index (κ1) is 12.9. The fraction of sp³-hybridized carbons (Fsp3) is 0. The SMILES string of the molecule is O=C(O)c1cccc(C(=O)O)c1O.[Cd]. The van der Waals surface area contributed by atoms with E-state index in [4.69, 9.17) is 15.3 Å². The molecule has 0 aliphatic rings. The van der Waals surface area contributed by atoms with Crippen LogP contribution in [0.15, 0.2) is 18.2 Å². The van der Waals surface area contributed by atoms with Crippen LogP contribution in [0.1, 0.15) is 20.7 Å². The molecule has 0 amide bonds. The summed E-state index contributed by atoms with van der Waals surface area (Å²) >= 11 is 0.